The highest BCUT2D eigenvalue weighted by molar-refractivity contribution is 7.99. The lowest BCUT2D eigenvalue weighted by Crippen LogP contribution is -2.36. The van der Waals surface area contributed by atoms with Crippen molar-refractivity contribution in [3.63, 3.8) is 0 Å². The van der Waals surface area contributed by atoms with Gasteiger partial charge in [0.15, 0.2) is 6.61 Å². The first kappa shape index (κ1) is 21.5. The van der Waals surface area contributed by atoms with E-state index in [0.717, 1.165) is 29.1 Å². The van der Waals surface area contributed by atoms with Gasteiger partial charge in [-0.15, -0.1) is 11.8 Å². The van der Waals surface area contributed by atoms with Crippen molar-refractivity contribution in [1.82, 2.24) is 4.90 Å². The fraction of sp³-hybridized carbons (Fsp3) is 0.364. The van der Waals surface area contributed by atoms with Gasteiger partial charge in [0.25, 0.3) is 5.91 Å². The minimum atomic E-state index is -0.361. The van der Waals surface area contributed by atoms with Gasteiger partial charge < -0.3 is 14.4 Å². The smallest absolute Gasteiger partial charge is 0.307 e. The zero-order valence-electron chi connectivity index (χ0n) is 16.3. The van der Waals surface area contributed by atoms with Crippen molar-refractivity contribution in [2.75, 3.05) is 19.5 Å². The number of thioether (sulfide) groups is 1. The topological polar surface area (TPSA) is 55.8 Å². The van der Waals surface area contributed by atoms with Gasteiger partial charge in [0.05, 0.1) is 13.5 Å². The molecule has 1 fully saturated rings. The maximum atomic E-state index is 12.6. The Labute approximate surface area is 180 Å². The van der Waals surface area contributed by atoms with Gasteiger partial charge >= 0.3 is 5.97 Å². The highest BCUT2D eigenvalue weighted by atomic mass is 35.5. The Morgan fingerprint density at radius 1 is 1.10 bits per heavy atom. The summed E-state index contributed by atoms with van der Waals surface area (Å²) < 4.78 is 10.4. The third-order valence-electron chi connectivity index (χ3n) is 4.57. The van der Waals surface area contributed by atoms with E-state index in [0.29, 0.717) is 17.3 Å². The molecule has 0 saturated heterocycles. The molecule has 154 valence electrons. The summed E-state index contributed by atoms with van der Waals surface area (Å²) >= 11 is 7.41. The Morgan fingerprint density at radius 2 is 1.79 bits per heavy atom. The van der Waals surface area contributed by atoms with Crippen LogP contribution in [0.1, 0.15) is 24.8 Å². The van der Waals surface area contributed by atoms with Gasteiger partial charge in [0.2, 0.25) is 0 Å². The van der Waals surface area contributed by atoms with Gasteiger partial charge in [0.1, 0.15) is 5.75 Å². The van der Waals surface area contributed by atoms with Gasteiger partial charge in [-0.2, -0.15) is 0 Å². The van der Waals surface area contributed by atoms with Crippen LogP contribution in [0.15, 0.2) is 53.4 Å². The first-order valence-electron chi connectivity index (χ1n) is 9.51. The standard InChI is InChI=1S/C22H24ClNO4S/c1-27-19-8-2-16(3-9-19)14-24(18-6-7-18)21(25)15-28-22(26)12-13-29-20-10-4-17(23)5-11-20/h2-5,8-11,18H,6-7,12-15H2,1H3. The number of hydrogen-bond donors (Lipinski definition) is 0. The van der Waals surface area contributed by atoms with Crippen LogP contribution in [0, 0.1) is 0 Å². The van der Waals surface area contributed by atoms with Gasteiger partial charge in [-0.3, -0.25) is 9.59 Å². The van der Waals surface area contributed by atoms with E-state index in [2.05, 4.69) is 0 Å². The van der Waals surface area contributed by atoms with Gasteiger partial charge in [-0.1, -0.05) is 23.7 Å². The molecule has 7 heteroatoms. The zero-order valence-corrected chi connectivity index (χ0v) is 17.9. The lowest BCUT2D eigenvalue weighted by atomic mass is 10.2. The van der Waals surface area contributed by atoms with Gasteiger partial charge in [-0.05, 0) is 54.8 Å². The molecule has 0 N–H and O–H groups in total. The predicted molar refractivity (Wildman–Crippen MR) is 114 cm³/mol. The molecule has 0 aliphatic heterocycles. The Bertz CT molecular complexity index is 822. The van der Waals surface area contributed by atoms with Crippen molar-refractivity contribution in [3.8, 4) is 5.75 Å². The van der Waals surface area contributed by atoms with Crippen LogP contribution < -0.4 is 4.74 Å². The molecule has 29 heavy (non-hydrogen) atoms. The average Bonchev–Trinajstić information content (AvgIpc) is 3.57. The third-order valence-corrected chi connectivity index (χ3v) is 5.83. The van der Waals surface area contributed by atoms with Gasteiger partial charge in [-0.25, -0.2) is 0 Å². The summed E-state index contributed by atoms with van der Waals surface area (Å²) in [5.74, 6) is 0.859. The minimum Gasteiger partial charge on any atom is -0.497 e. The number of nitrogens with zero attached hydrogens (tertiary/aromatic N) is 1. The van der Waals surface area contributed by atoms with E-state index in [4.69, 9.17) is 21.1 Å². The fourth-order valence-electron chi connectivity index (χ4n) is 2.82. The number of ether oxygens (including phenoxy) is 2. The number of benzene rings is 2. The molecular formula is C22H24ClNO4S. The first-order valence-corrected chi connectivity index (χ1v) is 10.9. The molecule has 0 bridgehead atoms. The summed E-state index contributed by atoms with van der Waals surface area (Å²) in [4.78, 5) is 27.4. The van der Waals surface area contributed by atoms with Crippen molar-refractivity contribution in [1.29, 1.82) is 0 Å². The van der Waals surface area contributed by atoms with E-state index in [9.17, 15) is 9.59 Å². The molecule has 1 aliphatic carbocycles. The second-order valence-corrected chi connectivity index (χ2v) is 8.42. The van der Waals surface area contributed by atoms with Crippen molar-refractivity contribution in [2.45, 2.75) is 36.7 Å². The summed E-state index contributed by atoms with van der Waals surface area (Å²) in [5, 5.41) is 0.683. The molecule has 2 aromatic carbocycles. The number of carbonyl (C=O) groups is 2. The minimum absolute atomic E-state index is 0.151. The molecule has 0 aromatic heterocycles. The zero-order chi connectivity index (χ0) is 20.6. The quantitative estimate of drug-likeness (QED) is 0.406. The molecule has 1 amide bonds. The van der Waals surface area contributed by atoms with Crippen LogP contribution in [-0.4, -0.2) is 42.3 Å². The maximum Gasteiger partial charge on any atom is 0.307 e. The second kappa shape index (κ2) is 10.6. The summed E-state index contributed by atoms with van der Waals surface area (Å²) in [6.45, 7) is 0.300. The second-order valence-electron chi connectivity index (χ2n) is 6.81. The summed E-state index contributed by atoms with van der Waals surface area (Å²) in [6.07, 6.45) is 2.24. The lowest BCUT2D eigenvalue weighted by Gasteiger charge is -2.22. The van der Waals surface area contributed by atoms with Crippen molar-refractivity contribution in [2.24, 2.45) is 0 Å². The van der Waals surface area contributed by atoms with Crippen LogP contribution in [0.25, 0.3) is 0 Å². The fourth-order valence-corrected chi connectivity index (χ4v) is 3.77. The van der Waals surface area contributed by atoms with Crippen LogP contribution >= 0.6 is 23.4 Å². The molecule has 1 saturated carbocycles. The molecular weight excluding hydrogens is 410 g/mol. The highest BCUT2D eigenvalue weighted by Gasteiger charge is 2.32. The number of methoxy groups -OCH3 is 1. The van der Waals surface area contributed by atoms with E-state index in [1.54, 1.807) is 23.8 Å². The van der Waals surface area contributed by atoms with E-state index >= 15 is 0 Å². The molecule has 0 atom stereocenters. The predicted octanol–water partition coefficient (Wildman–Crippen LogP) is 4.57. The number of rotatable bonds is 10. The Balaban J connectivity index is 1.42. The Morgan fingerprint density at radius 3 is 2.41 bits per heavy atom. The van der Waals surface area contributed by atoms with Crippen LogP contribution in [0.4, 0.5) is 0 Å². The van der Waals surface area contributed by atoms with Gasteiger partial charge in [0, 0.05) is 28.3 Å². The van der Waals surface area contributed by atoms with Crippen molar-refractivity contribution < 1.29 is 19.1 Å². The van der Waals surface area contributed by atoms with Crippen LogP contribution in [0.2, 0.25) is 5.02 Å². The maximum absolute atomic E-state index is 12.6. The number of esters is 1. The normalized spacial score (nSPS) is 13.0. The average molecular weight is 434 g/mol. The molecule has 0 radical (unpaired) electrons. The number of hydrogen-bond acceptors (Lipinski definition) is 5. The first-order chi connectivity index (χ1) is 14.0. The largest absolute Gasteiger partial charge is 0.497 e. The summed E-state index contributed by atoms with van der Waals surface area (Å²) in [7, 11) is 1.62. The molecule has 2 aromatic rings. The summed E-state index contributed by atoms with van der Waals surface area (Å²) in [5.41, 5.74) is 1.02. The number of carbonyl (C=O) groups excluding carboxylic acids is 2. The van der Waals surface area contributed by atoms with Crippen LogP contribution in [0.3, 0.4) is 0 Å². The van der Waals surface area contributed by atoms with E-state index in [1.807, 2.05) is 48.5 Å². The lowest BCUT2D eigenvalue weighted by molar-refractivity contribution is -0.152. The van der Waals surface area contributed by atoms with Crippen LogP contribution in [0.5, 0.6) is 5.75 Å². The molecule has 3 rings (SSSR count). The van der Waals surface area contributed by atoms with E-state index in [1.165, 1.54) is 0 Å². The monoisotopic (exact) mass is 433 g/mol. The Hall–Kier alpha value is -2.18. The van der Waals surface area contributed by atoms with E-state index < -0.39 is 0 Å². The van der Waals surface area contributed by atoms with Crippen molar-refractivity contribution >= 4 is 35.2 Å². The third kappa shape index (κ3) is 6.98. The van der Waals surface area contributed by atoms with E-state index in [-0.39, 0.29) is 30.9 Å². The van der Waals surface area contributed by atoms with Crippen molar-refractivity contribution in [3.05, 3.63) is 59.1 Å². The Kier molecular flexibility index (Phi) is 7.83. The molecule has 0 unspecified atom stereocenters. The van der Waals surface area contributed by atoms with Crippen LogP contribution in [-0.2, 0) is 20.9 Å². The number of halogens is 1. The molecule has 1 aliphatic rings. The SMILES string of the molecule is COc1ccc(CN(C(=O)COC(=O)CCSc2ccc(Cl)cc2)C2CC2)cc1. The number of amides is 1. The molecule has 0 heterocycles. The summed E-state index contributed by atoms with van der Waals surface area (Å²) in [6, 6.07) is 15.3. The molecule has 0 spiro atoms. The highest BCUT2D eigenvalue weighted by Crippen LogP contribution is 2.29. The molecule has 5 nitrogen and oxygen atoms in total.